The van der Waals surface area contributed by atoms with Crippen LogP contribution in [0.25, 0.3) is 11.3 Å². The molecule has 2 rings (SSSR count). The number of nitrogens with zero attached hydrogens (tertiary/aromatic N) is 2. The molecular formula is C13H13FN2O2. The highest BCUT2D eigenvalue weighted by atomic mass is 19.1. The van der Waals surface area contributed by atoms with Gasteiger partial charge in [0.2, 0.25) is 0 Å². The molecule has 0 atom stereocenters. The van der Waals surface area contributed by atoms with Crippen LogP contribution in [0.3, 0.4) is 0 Å². The second kappa shape index (κ2) is 5.00. The summed E-state index contributed by atoms with van der Waals surface area (Å²) in [4.78, 5) is 11.2. The van der Waals surface area contributed by atoms with E-state index >= 15 is 0 Å². The molecule has 0 saturated carbocycles. The SMILES string of the molecule is COC(=O)Cc1cc(-c2ccc(F)cc2)n(C)n1. The molecule has 0 amide bonds. The maximum atomic E-state index is 12.8. The summed E-state index contributed by atoms with van der Waals surface area (Å²) in [6, 6.07) is 7.93. The van der Waals surface area contributed by atoms with Gasteiger partial charge in [0, 0.05) is 7.05 Å². The standard InChI is InChI=1S/C13H13FN2O2/c1-16-12(9-3-5-10(14)6-4-9)7-11(15-16)8-13(17)18-2/h3-7H,8H2,1-2H3. The first kappa shape index (κ1) is 12.3. The molecule has 0 aliphatic carbocycles. The van der Waals surface area contributed by atoms with Gasteiger partial charge in [-0.3, -0.25) is 9.48 Å². The number of esters is 1. The van der Waals surface area contributed by atoms with E-state index in [0.717, 1.165) is 11.3 Å². The van der Waals surface area contributed by atoms with E-state index in [4.69, 9.17) is 0 Å². The molecule has 0 fully saturated rings. The van der Waals surface area contributed by atoms with Gasteiger partial charge in [-0.15, -0.1) is 0 Å². The number of aromatic nitrogens is 2. The Morgan fingerprint density at radius 1 is 1.39 bits per heavy atom. The largest absolute Gasteiger partial charge is 0.469 e. The average Bonchev–Trinajstić information content (AvgIpc) is 2.71. The van der Waals surface area contributed by atoms with Crippen LogP contribution in [0.15, 0.2) is 30.3 Å². The van der Waals surface area contributed by atoms with Crippen LogP contribution in [-0.2, 0) is 23.0 Å². The number of benzene rings is 1. The third-order valence-corrected chi connectivity index (χ3v) is 2.62. The van der Waals surface area contributed by atoms with Crippen molar-refractivity contribution in [2.75, 3.05) is 7.11 Å². The molecule has 4 nitrogen and oxygen atoms in total. The predicted octanol–water partition coefficient (Wildman–Crippen LogP) is 1.94. The highest BCUT2D eigenvalue weighted by Gasteiger charge is 2.11. The van der Waals surface area contributed by atoms with E-state index < -0.39 is 0 Å². The normalized spacial score (nSPS) is 10.4. The van der Waals surface area contributed by atoms with E-state index in [1.54, 1.807) is 29.9 Å². The van der Waals surface area contributed by atoms with Gasteiger partial charge in [0.1, 0.15) is 5.82 Å². The monoisotopic (exact) mass is 248 g/mol. The number of methoxy groups -OCH3 is 1. The maximum absolute atomic E-state index is 12.8. The van der Waals surface area contributed by atoms with Crippen molar-refractivity contribution in [3.05, 3.63) is 41.8 Å². The molecule has 0 N–H and O–H groups in total. The summed E-state index contributed by atoms with van der Waals surface area (Å²) in [5.74, 6) is -0.616. The Hall–Kier alpha value is -2.17. The molecule has 1 aromatic carbocycles. The number of hydrogen-bond donors (Lipinski definition) is 0. The number of carbonyl (C=O) groups excluding carboxylic acids is 1. The molecule has 0 bridgehead atoms. The van der Waals surface area contributed by atoms with Gasteiger partial charge in [-0.1, -0.05) is 0 Å². The second-order valence-electron chi connectivity index (χ2n) is 3.90. The summed E-state index contributed by atoms with van der Waals surface area (Å²) in [6.07, 6.45) is 0.130. The summed E-state index contributed by atoms with van der Waals surface area (Å²) in [5.41, 5.74) is 2.31. The fraction of sp³-hybridized carbons (Fsp3) is 0.231. The molecule has 0 aliphatic rings. The zero-order chi connectivity index (χ0) is 13.1. The molecule has 0 saturated heterocycles. The van der Waals surface area contributed by atoms with Gasteiger partial charge in [-0.25, -0.2) is 4.39 Å². The summed E-state index contributed by atoms with van der Waals surface area (Å²) in [6.45, 7) is 0. The molecule has 0 aliphatic heterocycles. The van der Waals surface area contributed by atoms with Crippen LogP contribution in [0.1, 0.15) is 5.69 Å². The fourth-order valence-electron chi connectivity index (χ4n) is 1.72. The topological polar surface area (TPSA) is 44.1 Å². The lowest BCUT2D eigenvalue weighted by Crippen LogP contribution is -2.05. The lowest BCUT2D eigenvalue weighted by molar-refractivity contribution is -0.139. The molecule has 1 aromatic heterocycles. The third kappa shape index (κ3) is 2.56. The van der Waals surface area contributed by atoms with E-state index in [1.165, 1.54) is 19.2 Å². The first-order chi connectivity index (χ1) is 8.60. The van der Waals surface area contributed by atoms with Crippen LogP contribution < -0.4 is 0 Å². The number of halogens is 1. The summed E-state index contributed by atoms with van der Waals surface area (Å²) in [7, 11) is 3.12. The summed E-state index contributed by atoms with van der Waals surface area (Å²) >= 11 is 0. The first-order valence-electron chi connectivity index (χ1n) is 5.46. The number of rotatable bonds is 3. The zero-order valence-corrected chi connectivity index (χ0v) is 10.2. The first-order valence-corrected chi connectivity index (χ1v) is 5.46. The Balaban J connectivity index is 2.29. The molecule has 18 heavy (non-hydrogen) atoms. The Kier molecular flexibility index (Phi) is 3.41. The Morgan fingerprint density at radius 2 is 2.06 bits per heavy atom. The van der Waals surface area contributed by atoms with Crippen LogP contribution in [-0.4, -0.2) is 22.9 Å². The van der Waals surface area contributed by atoms with Crippen molar-refractivity contribution >= 4 is 5.97 Å². The van der Waals surface area contributed by atoms with Crippen LogP contribution >= 0.6 is 0 Å². The fourth-order valence-corrected chi connectivity index (χ4v) is 1.72. The van der Waals surface area contributed by atoms with Gasteiger partial charge in [0.05, 0.1) is 24.9 Å². The van der Waals surface area contributed by atoms with E-state index in [9.17, 15) is 9.18 Å². The molecule has 0 radical (unpaired) electrons. The molecule has 2 aromatic rings. The number of ether oxygens (including phenoxy) is 1. The predicted molar refractivity (Wildman–Crippen MR) is 64.3 cm³/mol. The third-order valence-electron chi connectivity index (χ3n) is 2.62. The number of carbonyl (C=O) groups is 1. The Bertz CT molecular complexity index is 561. The van der Waals surface area contributed by atoms with Crippen molar-refractivity contribution in [2.24, 2.45) is 7.05 Å². The number of aryl methyl sites for hydroxylation is 1. The van der Waals surface area contributed by atoms with Crippen molar-refractivity contribution < 1.29 is 13.9 Å². The van der Waals surface area contributed by atoms with Gasteiger partial charge >= 0.3 is 5.97 Å². The minimum absolute atomic E-state index is 0.130. The Labute approximate surface area is 104 Å². The molecular weight excluding hydrogens is 235 g/mol. The van der Waals surface area contributed by atoms with Gasteiger partial charge < -0.3 is 4.74 Å². The highest BCUT2D eigenvalue weighted by Crippen LogP contribution is 2.20. The molecule has 1 heterocycles. The molecule has 0 spiro atoms. The quantitative estimate of drug-likeness (QED) is 0.780. The van der Waals surface area contributed by atoms with E-state index in [1.807, 2.05) is 0 Å². The van der Waals surface area contributed by atoms with Gasteiger partial charge in [-0.05, 0) is 35.9 Å². The van der Waals surface area contributed by atoms with E-state index in [-0.39, 0.29) is 18.2 Å². The van der Waals surface area contributed by atoms with E-state index in [2.05, 4.69) is 9.84 Å². The molecule has 94 valence electrons. The smallest absolute Gasteiger partial charge is 0.311 e. The van der Waals surface area contributed by atoms with E-state index in [0.29, 0.717) is 5.69 Å². The van der Waals surface area contributed by atoms with Crippen LogP contribution in [0, 0.1) is 5.82 Å². The van der Waals surface area contributed by atoms with Crippen LogP contribution in [0.4, 0.5) is 4.39 Å². The van der Waals surface area contributed by atoms with Gasteiger partial charge in [-0.2, -0.15) is 5.10 Å². The van der Waals surface area contributed by atoms with Crippen LogP contribution in [0.2, 0.25) is 0 Å². The highest BCUT2D eigenvalue weighted by molar-refractivity contribution is 5.72. The second-order valence-corrected chi connectivity index (χ2v) is 3.90. The molecule has 5 heteroatoms. The zero-order valence-electron chi connectivity index (χ0n) is 10.2. The average molecular weight is 248 g/mol. The lowest BCUT2D eigenvalue weighted by atomic mass is 10.1. The van der Waals surface area contributed by atoms with Crippen molar-refractivity contribution in [2.45, 2.75) is 6.42 Å². The summed E-state index contributed by atoms with van der Waals surface area (Å²) in [5, 5.41) is 4.22. The van der Waals surface area contributed by atoms with Crippen molar-refractivity contribution in [3.8, 4) is 11.3 Å². The maximum Gasteiger partial charge on any atom is 0.311 e. The minimum Gasteiger partial charge on any atom is -0.469 e. The van der Waals surface area contributed by atoms with Crippen LogP contribution in [0.5, 0.6) is 0 Å². The minimum atomic E-state index is -0.334. The van der Waals surface area contributed by atoms with Gasteiger partial charge in [0.15, 0.2) is 0 Å². The van der Waals surface area contributed by atoms with Gasteiger partial charge in [0.25, 0.3) is 0 Å². The number of hydrogen-bond acceptors (Lipinski definition) is 3. The van der Waals surface area contributed by atoms with Crippen molar-refractivity contribution in [3.63, 3.8) is 0 Å². The molecule has 0 unspecified atom stereocenters. The lowest BCUT2D eigenvalue weighted by Gasteiger charge is -2.00. The Morgan fingerprint density at radius 3 is 2.67 bits per heavy atom. The van der Waals surface area contributed by atoms with Crippen molar-refractivity contribution in [1.82, 2.24) is 9.78 Å². The van der Waals surface area contributed by atoms with Crippen molar-refractivity contribution in [1.29, 1.82) is 0 Å². The summed E-state index contributed by atoms with van der Waals surface area (Å²) < 4.78 is 19.1.